The number of nitrogens with one attached hydrogen (secondary N) is 3. The molecule has 0 spiro atoms. The van der Waals surface area contributed by atoms with Gasteiger partial charge in [-0.2, -0.15) is 0 Å². The normalized spacial score (nSPS) is 26.6. The van der Waals surface area contributed by atoms with E-state index in [4.69, 9.17) is 22.3 Å². The lowest BCUT2D eigenvalue weighted by Gasteiger charge is -2.20. The molecule has 9 heteroatoms. The molecule has 0 radical (unpaired) electrons. The van der Waals surface area contributed by atoms with E-state index in [0.717, 1.165) is 0 Å². The maximum absolute atomic E-state index is 11.5. The topological polar surface area (TPSA) is 169 Å². The van der Waals surface area contributed by atoms with Crippen molar-refractivity contribution in [2.45, 2.75) is 30.8 Å². The summed E-state index contributed by atoms with van der Waals surface area (Å²) in [5.74, 6) is -1.69. The zero-order valence-corrected chi connectivity index (χ0v) is 9.93. The molecule has 1 saturated heterocycles. The first kappa shape index (κ1) is 14.8. The minimum Gasteiger partial charge on any atom is -0.480 e. The SMILES string of the molecule is NCC(N)C(=O)NC(CC1CNC(N)N1)C(=O)O. The van der Waals surface area contributed by atoms with Gasteiger partial charge >= 0.3 is 5.97 Å². The monoisotopic (exact) mass is 260 g/mol. The number of amides is 1. The molecule has 4 unspecified atom stereocenters. The van der Waals surface area contributed by atoms with Crippen LogP contribution in [0.1, 0.15) is 6.42 Å². The number of carbonyl (C=O) groups excluding carboxylic acids is 1. The van der Waals surface area contributed by atoms with Crippen LogP contribution in [-0.4, -0.2) is 54.5 Å². The fourth-order valence-corrected chi connectivity index (χ4v) is 1.68. The first-order valence-electron chi connectivity index (χ1n) is 5.68. The molecule has 0 aromatic carbocycles. The maximum Gasteiger partial charge on any atom is 0.326 e. The Labute approximate surface area is 104 Å². The van der Waals surface area contributed by atoms with Gasteiger partial charge in [0, 0.05) is 19.1 Å². The highest BCUT2D eigenvalue weighted by Crippen LogP contribution is 2.03. The summed E-state index contributed by atoms with van der Waals surface area (Å²) in [5, 5.41) is 17.3. The molecule has 104 valence electrons. The van der Waals surface area contributed by atoms with Gasteiger partial charge in [0.15, 0.2) is 0 Å². The lowest BCUT2D eigenvalue weighted by molar-refractivity contribution is -0.142. The van der Waals surface area contributed by atoms with E-state index in [1.807, 2.05) is 0 Å². The first-order valence-corrected chi connectivity index (χ1v) is 5.68. The molecule has 1 fully saturated rings. The first-order chi connectivity index (χ1) is 8.43. The van der Waals surface area contributed by atoms with Gasteiger partial charge in [0.2, 0.25) is 5.91 Å². The average molecular weight is 260 g/mol. The van der Waals surface area contributed by atoms with Gasteiger partial charge in [-0.25, -0.2) is 4.79 Å². The second-order valence-corrected chi connectivity index (χ2v) is 4.23. The standard InChI is InChI=1S/C9H20N6O3/c10-2-5(11)7(16)15-6(8(17)18)1-4-3-13-9(12)14-4/h4-6,9,13-14H,1-3,10-12H2,(H,15,16)(H,17,18). The van der Waals surface area contributed by atoms with E-state index >= 15 is 0 Å². The lowest BCUT2D eigenvalue weighted by Crippen LogP contribution is -2.53. The summed E-state index contributed by atoms with van der Waals surface area (Å²) in [6, 6.07) is -2.03. The van der Waals surface area contributed by atoms with Crippen molar-refractivity contribution in [1.82, 2.24) is 16.0 Å². The second kappa shape index (κ2) is 6.61. The summed E-state index contributed by atoms with van der Waals surface area (Å²) < 4.78 is 0. The van der Waals surface area contributed by atoms with Crippen LogP contribution >= 0.6 is 0 Å². The molecule has 4 atom stereocenters. The van der Waals surface area contributed by atoms with E-state index in [2.05, 4.69) is 16.0 Å². The second-order valence-electron chi connectivity index (χ2n) is 4.23. The third kappa shape index (κ3) is 4.20. The van der Waals surface area contributed by atoms with Crippen LogP contribution in [-0.2, 0) is 9.59 Å². The van der Waals surface area contributed by atoms with Crippen LogP contribution in [0, 0.1) is 0 Å². The Balaban J connectivity index is 2.50. The third-order valence-electron chi connectivity index (χ3n) is 2.72. The van der Waals surface area contributed by atoms with Gasteiger partial charge in [-0.15, -0.1) is 0 Å². The Hall–Kier alpha value is -1.26. The fraction of sp³-hybridized carbons (Fsp3) is 0.778. The molecule has 0 aromatic rings. The van der Waals surface area contributed by atoms with Gasteiger partial charge in [-0.1, -0.05) is 0 Å². The van der Waals surface area contributed by atoms with Crippen molar-refractivity contribution in [3.63, 3.8) is 0 Å². The predicted molar refractivity (Wildman–Crippen MR) is 64.1 cm³/mol. The number of hydrogen-bond acceptors (Lipinski definition) is 7. The van der Waals surface area contributed by atoms with Crippen LogP contribution in [0.5, 0.6) is 0 Å². The molecular formula is C9H20N6O3. The minimum atomic E-state index is -1.12. The zero-order chi connectivity index (χ0) is 13.7. The van der Waals surface area contributed by atoms with Crippen molar-refractivity contribution < 1.29 is 14.7 Å². The van der Waals surface area contributed by atoms with E-state index < -0.39 is 24.0 Å². The molecule has 18 heavy (non-hydrogen) atoms. The Morgan fingerprint density at radius 2 is 2.17 bits per heavy atom. The molecule has 10 N–H and O–H groups in total. The van der Waals surface area contributed by atoms with Crippen LogP contribution in [0.15, 0.2) is 0 Å². The molecule has 0 aliphatic carbocycles. The molecular weight excluding hydrogens is 240 g/mol. The van der Waals surface area contributed by atoms with Crippen LogP contribution in [0.3, 0.4) is 0 Å². The number of rotatable bonds is 6. The van der Waals surface area contributed by atoms with Gasteiger partial charge in [0.25, 0.3) is 0 Å². The van der Waals surface area contributed by atoms with Crippen LogP contribution in [0.4, 0.5) is 0 Å². The summed E-state index contributed by atoms with van der Waals surface area (Å²) in [6.07, 6.45) is -0.134. The van der Waals surface area contributed by atoms with E-state index in [1.165, 1.54) is 0 Å². The van der Waals surface area contributed by atoms with E-state index in [9.17, 15) is 9.59 Å². The molecule has 1 aliphatic rings. The Bertz CT molecular complexity index is 313. The Morgan fingerprint density at radius 1 is 1.50 bits per heavy atom. The van der Waals surface area contributed by atoms with Crippen molar-refractivity contribution in [2.24, 2.45) is 17.2 Å². The maximum atomic E-state index is 11.5. The van der Waals surface area contributed by atoms with Gasteiger partial charge in [-0.3, -0.25) is 15.4 Å². The molecule has 0 aromatic heterocycles. The lowest BCUT2D eigenvalue weighted by atomic mass is 10.1. The highest BCUT2D eigenvalue weighted by molar-refractivity contribution is 5.86. The summed E-state index contributed by atoms with van der Waals surface area (Å²) in [6.45, 7) is 0.510. The average Bonchev–Trinajstić information content (AvgIpc) is 2.72. The zero-order valence-electron chi connectivity index (χ0n) is 9.93. The molecule has 0 saturated carbocycles. The van der Waals surface area contributed by atoms with Crippen molar-refractivity contribution in [3.05, 3.63) is 0 Å². The summed E-state index contributed by atoms with van der Waals surface area (Å²) >= 11 is 0. The van der Waals surface area contributed by atoms with Crippen molar-refractivity contribution in [3.8, 4) is 0 Å². The largest absolute Gasteiger partial charge is 0.480 e. The number of nitrogens with two attached hydrogens (primary N) is 3. The van der Waals surface area contributed by atoms with Crippen molar-refractivity contribution in [1.29, 1.82) is 0 Å². The Morgan fingerprint density at radius 3 is 2.61 bits per heavy atom. The molecule has 1 amide bonds. The quantitative estimate of drug-likeness (QED) is 0.254. The summed E-state index contributed by atoms with van der Waals surface area (Å²) in [7, 11) is 0. The van der Waals surface area contributed by atoms with Gasteiger partial charge in [0.05, 0.1) is 6.04 Å². The van der Waals surface area contributed by atoms with Crippen LogP contribution in [0.25, 0.3) is 0 Å². The van der Waals surface area contributed by atoms with Gasteiger partial charge in [0.1, 0.15) is 12.3 Å². The smallest absolute Gasteiger partial charge is 0.326 e. The fourth-order valence-electron chi connectivity index (χ4n) is 1.68. The van der Waals surface area contributed by atoms with E-state index in [-0.39, 0.29) is 25.3 Å². The molecule has 0 bridgehead atoms. The highest BCUT2D eigenvalue weighted by atomic mass is 16.4. The molecule has 1 aliphatic heterocycles. The van der Waals surface area contributed by atoms with E-state index in [0.29, 0.717) is 6.54 Å². The van der Waals surface area contributed by atoms with Crippen LogP contribution in [0.2, 0.25) is 0 Å². The predicted octanol–water partition coefficient (Wildman–Crippen LogP) is -3.96. The number of carboxylic acids is 1. The van der Waals surface area contributed by atoms with Crippen molar-refractivity contribution >= 4 is 11.9 Å². The summed E-state index contributed by atoms with van der Waals surface area (Å²) in [4.78, 5) is 22.5. The van der Waals surface area contributed by atoms with Crippen LogP contribution < -0.4 is 33.2 Å². The number of carboxylic acid groups (broad SMARTS) is 1. The molecule has 9 nitrogen and oxygen atoms in total. The minimum absolute atomic E-state index is 0.0354. The molecule has 1 heterocycles. The van der Waals surface area contributed by atoms with Gasteiger partial charge < -0.3 is 27.6 Å². The number of carbonyl (C=O) groups is 2. The third-order valence-corrected chi connectivity index (χ3v) is 2.72. The summed E-state index contributed by atoms with van der Waals surface area (Å²) in [5.41, 5.74) is 16.2. The Kier molecular flexibility index (Phi) is 5.44. The number of aliphatic carboxylic acids is 1. The van der Waals surface area contributed by atoms with Gasteiger partial charge in [-0.05, 0) is 6.42 Å². The van der Waals surface area contributed by atoms with Crippen molar-refractivity contribution in [2.75, 3.05) is 13.1 Å². The number of hydrogen-bond donors (Lipinski definition) is 7. The van der Waals surface area contributed by atoms with E-state index in [1.54, 1.807) is 0 Å². The molecule has 1 rings (SSSR count). The highest BCUT2D eigenvalue weighted by Gasteiger charge is 2.29.